The molecule has 0 spiro atoms. The van der Waals surface area contributed by atoms with Gasteiger partial charge in [0.2, 0.25) is 5.91 Å². The molecule has 4 rings (SSSR count). The minimum Gasteiger partial charge on any atom is -0.493 e. The molecule has 1 amide bonds. The van der Waals surface area contributed by atoms with Crippen molar-refractivity contribution in [2.45, 2.75) is 45.3 Å². The molecule has 8 heteroatoms. The van der Waals surface area contributed by atoms with Gasteiger partial charge in [0.05, 0.1) is 32.3 Å². The summed E-state index contributed by atoms with van der Waals surface area (Å²) in [4.78, 5) is 26.0. The van der Waals surface area contributed by atoms with E-state index in [9.17, 15) is 14.7 Å². The van der Waals surface area contributed by atoms with E-state index in [1.165, 1.54) is 5.56 Å². The first-order valence-corrected chi connectivity index (χ1v) is 12.1. The van der Waals surface area contributed by atoms with E-state index in [4.69, 9.17) is 4.74 Å². The molecule has 0 bridgehead atoms. The monoisotopic (exact) mass is 476 g/mol. The Morgan fingerprint density at radius 1 is 1.00 bits per heavy atom. The van der Waals surface area contributed by atoms with Gasteiger partial charge in [0, 0.05) is 37.0 Å². The predicted molar refractivity (Wildman–Crippen MR) is 132 cm³/mol. The normalized spacial score (nSPS) is 15.6. The zero-order valence-corrected chi connectivity index (χ0v) is 19.9. The number of carboxylic acid groups (broad SMARTS) is 1. The quantitative estimate of drug-likeness (QED) is 0.567. The molecule has 8 nitrogen and oxygen atoms in total. The lowest BCUT2D eigenvalue weighted by Crippen LogP contribution is -2.37. The lowest BCUT2D eigenvalue weighted by molar-refractivity contribution is -0.136. The van der Waals surface area contributed by atoms with Gasteiger partial charge in [-0.15, -0.1) is 0 Å². The third kappa shape index (κ3) is 7.68. The Kier molecular flexibility index (Phi) is 8.51. The summed E-state index contributed by atoms with van der Waals surface area (Å²) in [5.74, 6) is -0.161. The summed E-state index contributed by atoms with van der Waals surface area (Å²) in [5, 5.41) is 16.8. The first-order chi connectivity index (χ1) is 17.0. The summed E-state index contributed by atoms with van der Waals surface area (Å²) in [7, 11) is 0. The molecule has 0 saturated carbocycles. The fourth-order valence-electron chi connectivity index (χ4n) is 4.27. The average molecular weight is 477 g/mol. The van der Waals surface area contributed by atoms with Crippen molar-refractivity contribution in [1.29, 1.82) is 0 Å². The lowest BCUT2D eigenvalue weighted by Gasteiger charge is -2.23. The molecule has 1 aromatic heterocycles. The van der Waals surface area contributed by atoms with Crippen LogP contribution in [0.3, 0.4) is 0 Å². The van der Waals surface area contributed by atoms with Crippen LogP contribution in [0.5, 0.6) is 5.75 Å². The molecular weight excluding hydrogens is 444 g/mol. The number of rotatable bonds is 6. The second-order valence-electron chi connectivity index (χ2n) is 8.95. The Balaban J connectivity index is 1.55. The molecule has 2 N–H and O–H groups in total. The van der Waals surface area contributed by atoms with E-state index >= 15 is 0 Å². The maximum Gasteiger partial charge on any atom is 0.307 e. The standard InChI is InChI=1S/C27H32N4O4/c32-26-20-30(16-23-15-29-31(18-23)17-21-7-3-1-4-8-21)19-24-13-22(14-27(33)34)9-10-25(24)35-12-6-2-5-11-28-26/h1,3-4,7-10,13,15,18H,2,5-6,11-12,14,16-17,19-20H2,(H,28,32)(H,33,34). The highest BCUT2D eigenvalue weighted by molar-refractivity contribution is 5.78. The van der Waals surface area contributed by atoms with Gasteiger partial charge < -0.3 is 15.2 Å². The molecule has 35 heavy (non-hydrogen) atoms. The Bertz CT molecular complexity index is 1130. The number of benzene rings is 2. The molecule has 0 unspecified atom stereocenters. The number of amides is 1. The highest BCUT2D eigenvalue weighted by Gasteiger charge is 2.17. The van der Waals surface area contributed by atoms with E-state index in [2.05, 4.69) is 22.5 Å². The van der Waals surface area contributed by atoms with E-state index in [0.29, 0.717) is 38.3 Å². The molecule has 2 heterocycles. The van der Waals surface area contributed by atoms with Crippen LogP contribution in [-0.2, 0) is 35.6 Å². The molecule has 0 atom stereocenters. The van der Waals surface area contributed by atoms with Gasteiger partial charge in [-0.25, -0.2) is 0 Å². The maximum absolute atomic E-state index is 12.7. The summed E-state index contributed by atoms with van der Waals surface area (Å²) in [6.07, 6.45) is 6.56. The number of aliphatic carboxylic acids is 1. The number of ether oxygens (including phenoxy) is 1. The van der Waals surface area contributed by atoms with Crippen LogP contribution >= 0.6 is 0 Å². The molecular formula is C27H32N4O4. The number of nitrogens with one attached hydrogen (secondary N) is 1. The number of aromatic nitrogens is 2. The van der Waals surface area contributed by atoms with Gasteiger partial charge in [-0.3, -0.25) is 19.2 Å². The summed E-state index contributed by atoms with van der Waals surface area (Å²) in [5.41, 5.74) is 3.76. The van der Waals surface area contributed by atoms with Gasteiger partial charge in [0.25, 0.3) is 0 Å². The SMILES string of the molecule is O=C(O)Cc1ccc2c(c1)CN(Cc1cnn(Cc3ccccc3)c1)CC(=O)NCCCCCO2. The molecule has 0 radical (unpaired) electrons. The predicted octanol–water partition coefficient (Wildman–Crippen LogP) is 3.24. The van der Waals surface area contributed by atoms with Crippen molar-refractivity contribution < 1.29 is 19.4 Å². The molecule has 0 aliphatic carbocycles. The van der Waals surface area contributed by atoms with Crippen LogP contribution in [0.25, 0.3) is 0 Å². The number of fused-ring (bicyclic) bond motifs is 1. The number of carbonyl (C=O) groups excluding carboxylic acids is 1. The van der Waals surface area contributed by atoms with Crippen LogP contribution in [0.15, 0.2) is 60.9 Å². The van der Waals surface area contributed by atoms with Crippen LogP contribution in [0.2, 0.25) is 0 Å². The van der Waals surface area contributed by atoms with E-state index in [-0.39, 0.29) is 18.9 Å². The molecule has 3 aromatic rings. The number of nitrogens with zero attached hydrogens (tertiary/aromatic N) is 3. The van der Waals surface area contributed by atoms with Crippen LogP contribution < -0.4 is 10.1 Å². The summed E-state index contributed by atoms with van der Waals surface area (Å²) in [6.45, 7) is 3.14. The zero-order valence-electron chi connectivity index (χ0n) is 19.9. The Morgan fingerprint density at radius 3 is 2.69 bits per heavy atom. The number of carbonyl (C=O) groups is 2. The smallest absolute Gasteiger partial charge is 0.307 e. The number of carboxylic acids is 1. The van der Waals surface area contributed by atoms with Gasteiger partial charge in [0.1, 0.15) is 5.75 Å². The molecule has 0 saturated heterocycles. The van der Waals surface area contributed by atoms with Crippen molar-refractivity contribution in [1.82, 2.24) is 20.0 Å². The van der Waals surface area contributed by atoms with Crippen LogP contribution in [0, 0.1) is 0 Å². The first-order valence-electron chi connectivity index (χ1n) is 12.1. The van der Waals surface area contributed by atoms with Gasteiger partial charge in [-0.05, 0) is 36.5 Å². The summed E-state index contributed by atoms with van der Waals surface area (Å²) in [6, 6.07) is 15.7. The van der Waals surface area contributed by atoms with Crippen molar-refractivity contribution in [3.63, 3.8) is 0 Å². The van der Waals surface area contributed by atoms with Crippen molar-refractivity contribution >= 4 is 11.9 Å². The van der Waals surface area contributed by atoms with E-state index in [1.807, 2.05) is 52.3 Å². The maximum atomic E-state index is 12.7. The van der Waals surface area contributed by atoms with E-state index in [1.54, 1.807) is 6.07 Å². The Labute approximate surface area is 205 Å². The summed E-state index contributed by atoms with van der Waals surface area (Å²) >= 11 is 0. The second kappa shape index (κ2) is 12.2. The summed E-state index contributed by atoms with van der Waals surface area (Å²) < 4.78 is 7.96. The topological polar surface area (TPSA) is 96.7 Å². The van der Waals surface area contributed by atoms with Crippen LogP contribution in [0.1, 0.15) is 41.5 Å². The van der Waals surface area contributed by atoms with Crippen LogP contribution in [-0.4, -0.2) is 51.4 Å². The molecule has 1 aliphatic rings. The van der Waals surface area contributed by atoms with Gasteiger partial charge in [-0.2, -0.15) is 5.10 Å². The van der Waals surface area contributed by atoms with Crippen molar-refractivity contribution in [2.75, 3.05) is 19.7 Å². The van der Waals surface area contributed by atoms with Crippen molar-refractivity contribution in [3.8, 4) is 5.75 Å². The lowest BCUT2D eigenvalue weighted by atomic mass is 10.1. The zero-order chi connectivity index (χ0) is 24.5. The Morgan fingerprint density at radius 2 is 1.86 bits per heavy atom. The fourth-order valence-corrected chi connectivity index (χ4v) is 4.27. The minimum atomic E-state index is -0.877. The van der Waals surface area contributed by atoms with Crippen molar-refractivity contribution in [3.05, 3.63) is 83.2 Å². The number of hydrogen-bond acceptors (Lipinski definition) is 5. The molecule has 2 aromatic carbocycles. The third-order valence-electron chi connectivity index (χ3n) is 5.92. The highest BCUT2D eigenvalue weighted by atomic mass is 16.5. The largest absolute Gasteiger partial charge is 0.493 e. The van der Waals surface area contributed by atoms with Gasteiger partial charge in [-0.1, -0.05) is 42.5 Å². The third-order valence-corrected chi connectivity index (χ3v) is 5.92. The van der Waals surface area contributed by atoms with Crippen LogP contribution in [0.4, 0.5) is 0 Å². The number of hydrogen-bond donors (Lipinski definition) is 2. The van der Waals surface area contributed by atoms with E-state index in [0.717, 1.165) is 36.1 Å². The minimum absolute atomic E-state index is 0.0231. The Hall–Kier alpha value is -3.65. The second-order valence-corrected chi connectivity index (χ2v) is 8.95. The molecule has 0 fully saturated rings. The van der Waals surface area contributed by atoms with E-state index < -0.39 is 5.97 Å². The van der Waals surface area contributed by atoms with Crippen molar-refractivity contribution in [2.24, 2.45) is 0 Å². The first kappa shape index (κ1) is 24.5. The fraction of sp³-hybridized carbons (Fsp3) is 0.370. The van der Waals surface area contributed by atoms with Gasteiger partial charge >= 0.3 is 5.97 Å². The highest BCUT2D eigenvalue weighted by Crippen LogP contribution is 2.24. The average Bonchev–Trinajstić information content (AvgIpc) is 3.26. The van der Waals surface area contributed by atoms with Gasteiger partial charge in [0.15, 0.2) is 0 Å². The molecule has 1 aliphatic heterocycles. The molecule has 184 valence electrons.